The van der Waals surface area contributed by atoms with Gasteiger partial charge in [0.1, 0.15) is 12.4 Å². The summed E-state index contributed by atoms with van der Waals surface area (Å²) in [5, 5.41) is 8.77. The van der Waals surface area contributed by atoms with Crippen LogP contribution < -0.4 is 4.74 Å². The smallest absolute Gasteiger partial charge is 0.135 e. The fourth-order valence-electron chi connectivity index (χ4n) is 1.83. The third kappa shape index (κ3) is 4.28. The summed E-state index contributed by atoms with van der Waals surface area (Å²) >= 11 is 5.60. The molecule has 0 atom stereocenters. The number of aryl methyl sites for hydroxylation is 1. The van der Waals surface area contributed by atoms with E-state index >= 15 is 0 Å². The summed E-state index contributed by atoms with van der Waals surface area (Å²) < 4.78 is 5.82. The molecule has 0 heterocycles. The van der Waals surface area contributed by atoms with E-state index in [9.17, 15) is 0 Å². The van der Waals surface area contributed by atoms with Crippen molar-refractivity contribution in [3.63, 3.8) is 0 Å². The first-order chi connectivity index (χ1) is 10.2. The molecule has 0 unspecified atom stereocenters. The van der Waals surface area contributed by atoms with Crippen molar-refractivity contribution < 1.29 is 4.74 Å². The number of hydrogen-bond donors (Lipinski definition) is 0. The molecular weight excluding hydrogens is 282 g/mol. The summed E-state index contributed by atoms with van der Waals surface area (Å²) in [4.78, 5) is 0. The average Bonchev–Trinajstić information content (AvgIpc) is 2.52. The van der Waals surface area contributed by atoms with E-state index < -0.39 is 0 Å². The zero-order valence-electron chi connectivity index (χ0n) is 11.7. The van der Waals surface area contributed by atoms with Crippen LogP contribution >= 0.6 is 11.6 Å². The zero-order chi connectivity index (χ0) is 15.1. The third-order valence-electron chi connectivity index (χ3n) is 2.90. The van der Waals surface area contributed by atoms with Gasteiger partial charge in [0, 0.05) is 0 Å². The molecule has 2 rings (SSSR count). The van der Waals surface area contributed by atoms with Gasteiger partial charge in [-0.05, 0) is 42.3 Å². The molecule has 0 saturated heterocycles. The van der Waals surface area contributed by atoms with Gasteiger partial charge in [0.25, 0.3) is 0 Å². The Hall–Kier alpha value is -2.42. The van der Waals surface area contributed by atoms with Crippen LogP contribution in [0.4, 0.5) is 0 Å². The molecule has 0 saturated carbocycles. The van der Waals surface area contributed by atoms with Crippen molar-refractivity contribution in [2.45, 2.75) is 13.5 Å². The van der Waals surface area contributed by atoms with Crippen LogP contribution in [0.2, 0.25) is 0 Å². The molecule has 0 fully saturated rings. The summed E-state index contributed by atoms with van der Waals surface area (Å²) in [5.74, 6) is 6.89. The van der Waals surface area contributed by atoms with Crippen molar-refractivity contribution in [1.29, 1.82) is 5.26 Å². The molecule has 0 N–H and O–H groups in total. The predicted molar refractivity (Wildman–Crippen MR) is 84.3 cm³/mol. The number of halogens is 1. The highest BCUT2D eigenvalue weighted by Gasteiger charge is 2.03. The van der Waals surface area contributed by atoms with Gasteiger partial charge >= 0.3 is 0 Å². The summed E-state index contributed by atoms with van der Waals surface area (Å²) in [6.45, 7) is 2.45. The van der Waals surface area contributed by atoms with Crippen LogP contribution in [0.1, 0.15) is 22.3 Å². The van der Waals surface area contributed by atoms with Crippen molar-refractivity contribution in [3.8, 4) is 23.7 Å². The number of nitrogens with zero attached hydrogens (tertiary/aromatic N) is 1. The van der Waals surface area contributed by atoms with Crippen LogP contribution in [0.5, 0.6) is 5.75 Å². The number of rotatable bonds is 3. The normalized spacial score (nSPS) is 9.38. The highest BCUT2D eigenvalue weighted by molar-refractivity contribution is 6.19. The molecule has 0 radical (unpaired) electrons. The fourth-order valence-corrected chi connectivity index (χ4v) is 1.90. The first-order valence-electron chi connectivity index (χ1n) is 6.50. The molecule has 0 aromatic heterocycles. The van der Waals surface area contributed by atoms with Gasteiger partial charge in [-0.2, -0.15) is 5.26 Å². The third-order valence-corrected chi connectivity index (χ3v) is 3.04. The molecule has 21 heavy (non-hydrogen) atoms. The van der Waals surface area contributed by atoms with Gasteiger partial charge in [-0.25, -0.2) is 0 Å². The topological polar surface area (TPSA) is 33.0 Å². The van der Waals surface area contributed by atoms with E-state index in [1.807, 2.05) is 37.3 Å². The Balaban J connectivity index is 2.13. The molecular formula is C18H14ClNO. The first kappa shape index (κ1) is 15.0. The summed E-state index contributed by atoms with van der Waals surface area (Å²) in [5.41, 5.74) is 3.61. The molecule has 0 aliphatic heterocycles. The Morgan fingerprint density at radius 2 is 1.90 bits per heavy atom. The molecule has 0 spiro atoms. The minimum atomic E-state index is 0.295. The molecule has 0 amide bonds. The fraction of sp³-hybridized carbons (Fsp3) is 0.167. The summed E-state index contributed by atoms with van der Waals surface area (Å²) in [6.07, 6.45) is 0. The highest BCUT2D eigenvalue weighted by Crippen LogP contribution is 2.20. The lowest BCUT2D eigenvalue weighted by atomic mass is 10.1. The molecule has 2 aromatic rings. The number of benzene rings is 2. The van der Waals surface area contributed by atoms with Crippen molar-refractivity contribution in [1.82, 2.24) is 0 Å². The van der Waals surface area contributed by atoms with Crippen LogP contribution in [-0.4, -0.2) is 5.88 Å². The van der Waals surface area contributed by atoms with Crippen LogP contribution in [0, 0.1) is 30.1 Å². The molecule has 0 aliphatic carbocycles. The average molecular weight is 296 g/mol. The number of alkyl halides is 1. The minimum absolute atomic E-state index is 0.295. The first-order valence-corrected chi connectivity index (χ1v) is 7.03. The van der Waals surface area contributed by atoms with Crippen LogP contribution in [-0.2, 0) is 6.61 Å². The lowest BCUT2D eigenvalue weighted by Crippen LogP contribution is -1.97. The quantitative estimate of drug-likeness (QED) is 0.632. The Morgan fingerprint density at radius 1 is 1.14 bits per heavy atom. The molecule has 0 bridgehead atoms. The second-order valence-corrected chi connectivity index (χ2v) is 4.80. The van der Waals surface area contributed by atoms with Crippen molar-refractivity contribution in [3.05, 3.63) is 64.7 Å². The van der Waals surface area contributed by atoms with Gasteiger partial charge in [-0.1, -0.05) is 30.0 Å². The zero-order valence-corrected chi connectivity index (χ0v) is 12.4. The van der Waals surface area contributed by atoms with Crippen molar-refractivity contribution in [2.24, 2.45) is 0 Å². The van der Waals surface area contributed by atoms with E-state index in [4.69, 9.17) is 21.6 Å². The van der Waals surface area contributed by atoms with E-state index in [0.717, 1.165) is 22.4 Å². The SMILES string of the molecule is Cc1ccc(OCc2ccc(C#N)cc2)c(C#CCCl)c1. The molecule has 2 aromatic carbocycles. The Kier molecular flexibility index (Phi) is 5.27. The number of nitriles is 1. The summed E-state index contributed by atoms with van der Waals surface area (Å²) in [6, 6.07) is 15.3. The molecule has 0 aliphatic rings. The van der Waals surface area contributed by atoms with Gasteiger partial charge < -0.3 is 4.74 Å². The van der Waals surface area contributed by atoms with E-state index in [-0.39, 0.29) is 0 Å². The number of ether oxygens (including phenoxy) is 1. The highest BCUT2D eigenvalue weighted by atomic mass is 35.5. The molecule has 2 nitrogen and oxygen atoms in total. The van der Waals surface area contributed by atoms with E-state index in [1.54, 1.807) is 12.1 Å². The Bertz CT molecular complexity index is 718. The Labute approximate surface area is 129 Å². The maximum absolute atomic E-state index is 8.77. The van der Waals surface area contributed by atoms with Gasteiger partial charge in [0.05, 0.1) is 23.1 Å². The van der Waals surface area contributed by atoms with E-state index in [0.29, 0.717) is 18.1 Å². The van der Waals surface area contributed by atoms with E-state index in [2.05, 4.69) is 17.9 Å². The Morgan fingerprint density at radius 3 is 2.57 bits per heavy atom. The molecule has 3 heteroatoms. The number of hydrogen-bond acceptors (Lipinski definition) is 2. The lowest BCUT2D eigenvalue weighted by Gasteiger charge is -2.09. The van der Waals surface area contributed by atoms with Gasteiger partial charge in [0.2, 0.25) is 0 Å². The molecule has 104 valence electrons. The summed E-state index contributed by atoms with van der Waals surface area (Å²) in [7, 11) is 0. The maximum Gasteiger partial charge on any atom is 0.135 e. The van der Waals surface area contributed by atoms with Crippen molar-refractivity contribution >= 4 is 11.6 Å². The van der Waals surface area contributed by atoms with Gasteiger partial charge in [0.15, 0.2) is 0 Å². The standard InChI is InChI=1S/C18H14ClNO/c1-14-4-9-18(17(11-14)3-2-10-19)21-13-16-7-5-15(12-20)6-8-16/h4-9,11H,10,13H2,1H3. The lowest BCUT2D eigenvalue weighted by molar-refractivity contribution is 0.305. The van der Waals surface area contributed by atoms with Crippen LogP contribution in [0.25, 0.3) is 0 Å². The van der Waals surface area contributed by atoms with E-state index in [1.165, 1.54) is 0 Å². The van der Waals surface area contributed by atoms with Gasteiger partial charge in [-0.3, -0.25) is 0 Å². The van der Waals surface area contributed by atoms with Crippen LogP contribution in [0.3, 0.4) is 0 Å². The second kappa shape index (κ2) is 7.39. The monoisotopic (exact) mass is 295 g/mol. The predicted octanol–water partition coefficient (Wildman–Crippen LogP) is 4.04. The second-order valence-electron chi connectivity index (χ2n) is 4.53. The van der Waals surface area contributed by atoms with Crippen LogP contribution in [0.15, 0.2) is 42.5 Å². The van der Waals surface area contributed by atoms with Crippen molar-refractivity contribution in [2.75, 3.05) is 5.88 Å². The minimum Gasteiger partial charge on any atom is -0.488 e. The maximum atomic E-state index is 8.77. The largest absolute Gasteiger partial charge is 0.488 e. The van der Waals surface area contributed by atoms with Gasteiger partial charge in [-0.15, -0.1) is 11.6 Å².